The molecule has 100 valence electrons. The Labute approximate surface area is 100.0 Å². The molecule has 0 spiro atoms. The highest BCUT2D eigenvalue weighted by molar-refractivity contribution is 7.92. The maximum Gasteiger partial charge on any atom is 0.320 e. The Balaban J connectivity index is 4.39. The number of nitrogens with one attached hydrogen (secondary N) is 1. The van der Waals surface area contributed by atoms with Crippen molar-refractivity contribution >= 4 is 21.7 Å². The van der Waals surface area contributed by atoms with Gasteiger partial charge in [-0.3, -0.25) is 14.4 Å². The summed E-state index contributed by atoms with van der Waals surface area (Å²) < 4.78 is 19.2. The van der Waals surface area contributed by atoms with Crippen molar-refractivity contribution in [2.45, 2.75) is 25.8 Å². The molecule has 0 rings (SSSR count). The van der Waals surface area contributed by atoms with E-state index in [0.717, 1.165) is 0 Å². The zero-order valence-corrected chi connectivity index (χ0v) is 10.4. The first kappa shape index (κ1) is 15.9. The van der Waals surface area contributed by atoms with Crippen LogP contribution in [0.25, 0.3) is 0 Å². The molecule has 0 radical (unpaired) electrons. The van der Waals surface area contributed by atoms with Gasteiger partial charge in [-0.15, -0.1) is 0 Å². The van der Waals surface area contributed by atoms with Crippen LogP contribution in [0.4, 0.5) is 0 Å². The number of carboxylic acids is 2. The van der Waals surface area contributed by atoms with Crippen molar-refractivity contribution in [1.29, 1.82) is 4.78 Å². The summed E-state index contributed by atoms with van der Waals surface area (Å²) in [6.45, 7) is 1.64. The molecule has 8 heteroatoms. The van der Waals surface area contributed by atoms with Crippen molar-refractivity contribution in [2.75, 3.05) is 11.5 Å². The summed E-state index contributed by atoms with van der Waals surface area (Å²) in [4.78, 5) is 21.2. The lowest BCUT2D eigenvalue weighted by Crippen LogP contribution is -2.33. The van der Waals surface area contributed by atoms with Crippen LogP contribution in [-0.2, 0) is 19.3 Å². The van der Waals surface area contributed by atoms with Crippen LogP contribution in [-0.4, -0.2) is 43.9 Å². The van der Waals surface area contributed by atoms with Crippen molar-refractivity contribution in [1.82, 2.24) is 0 Å². The first-order valence-corrected chi connectivity index (χ1v) is 7.04. The third kappa shape index (κ3) is 6.22. The van der Waals surface area contributed by atoms with Gasteiger partial charge in [0.15, 0.2) is 0 Å². The maximum absolute atomic E-state index is 11.7. The van der Waals surface area contributed by atoms with E-state index in [1.165, 1.54) is 0 Å². The van der Waals surface area contributed by atoms with Crippen molar-refractivity contribution < 1.29 is 24.0 Å². The highest BCUT2D eigenvalue weighted by Gasteiger charge is 2.22. The van der Waals surface area contributed by atoms with E-state index in [1.54, 1.807) is 6.92 Å². The van der Waals surface area contributed by atoms with Gasteiger partial charge in [-0.1, -0.05) is 6.92 Å². The van der Waals surface area contributed by atoms with E-state index in [9.17, 15) is 13.8 Å². The molecule has 0 heterocycles. The predicted molar refractivity (Wildman–Crippen MR) is 62.2 cm³/mol. The average molecular weight is 266 g/mol. The zero-order chi connectivity index (χ0) is 13.6. The van der Waals surface area contributed by atoms with Crippen molar-refractivity contribution in [2.24, 2.45) is 11.7 Å². The number of aliphatic carboxylic acids is 2. The molecule has 5 N–H and O–H groups in total. The SMILES string of the molecule is CCC(CS(=N)(=O)CC[C@H](N)C(=O)O)C(=O)O. The fourth-order valence-electron chi connectivity index (χ4n) is 1.21. The van der Waals surface area contributed by atoms with E-state index in [2.05, 4.69) is 0 Å². The highest BCUT2D eigenvalue weighted by Crippen LogP contribution is 2.10. The third-order valence-electron chi connectivity index (χ3n) is 2.39. The molecule has 0 aromatic carbocycles. The molecule has 0 aromatic heterocycles. The van der Waals surface area contributed by atoms with E-state index in [-0.39, 0.29) is 24.3 Å². The van der Waals surface area contributed by atoms with Gasteiger partial charge in [-0.05, 0) is 12.8 Å². The van der Waals surface area contributed by atoms with Crippen molar-refractivity contribution in [3.05, 3.63) is 0 Å². The Morgan fingerprint density at radius 3 is 2.24 bits per heavy atom. The Hall–Kier alpha value is -1.15. The molecule has 0 saturated heterocycles. The van der Waals surface area contributed by atoms with Gasteiger partial charge in [0.1, 0.15) is 6.04 Å². The standard InChI is InChI=1S/C9H18N2O5S/c1-2-6(8(12)13)5-17(11,16)4-3-7(10)9(14)15/h6-7,11H,2-5,10H2,1H3,(H,12,13)(H,14,15)/t6?,7-,17?/m0/s1. The Kier molecular flexibility index (Phi) is 6.11. The number of hydrogen-bond donors (Lipinski definition) is 4. The van der Waals surface area contributed by atoms with Crippen LogP contribution in [0.5, 0.6) is 0 Å². The van der Waals surface area contributed by atoms with Crippen LogP contribution in [0.3, 0.4) is 0 Å². The fraction of sp³-hybridized carbons (Fsp3) is 0.778. The van der Waals surface area contributed by atoms with Gasteiger partial charge in [0.25, 0.3) is 0 Å². The lowest BCUT2D eigenvalue weighted by Gasteiger charge is -2.13. The molecule has 0 aliphatic carbocycles. The maximum atomic E-state index is 11.7. The summed E-state index contributed by atoms with van der Waals surface area (Å²) in [6, 6.07) is -1.16. The topological polar surface area (TPSA) is 142 Å². The molecule has 0 fully saturated rings. The number of carbonyl (C=O) groups is 2. The Morgan fingerprint density at radius 1 is 1.35 bits per heavy atom. The summed E-state index contributed by atoms with van der Waals surface area (Å²) >= 11 is 0. The van der Waals surface area contributed by atoms with E-state index in [1.807, 2.05) is 0 Å². The second-order valence-corrected chi connectivity index (χ2v) is 6.22. The van der Waals surface area contributed by atoms with Gasteiger partial charge < -0.3 is 15.9 Å². The predicted octanol–water partition coefficient (Wildman–Crippen LogP) is -0.0540. The van der Waals surface area contributed by atoms with Gasteiger partial charge in [-0.2, -0.15) is 0 Å². The van der Waals surface area contributed by atoms with Crippen LogP contribution < -0.4 is 5.73 Å². The van der Waals surface area contributed by atoms with Crippen LogP contribution in [0.1, 0.15) is 19.8 Å². The van der Waals surface area contributed by atoms with Gasteiger partial charge in [0.2, 0.25) is 0 Å². The minimum Gasteiger partial charge on any atom is -0.481 e. The summed E-state index contributed by atoms with van der Waals surface area (Å²) in [5, 5.41) is 17.3. The van der Waals surface area contributed by atoms with Gasteiger partial charge in [-0.25, -0.2) is 4.21 Å². The molecular weight excluding hydrogens is 248 g/mol. The van der Waals surface area contributed by atoms with Crippen LogP contribution in [0.15, 0.2) is 0 Å². The summed E-state index contributed by atoms with van der Waals surface area (Å²) in [5.74, 6) is -3.59. The minimum atomic E-state index is -3.09. The first-order valence-electron chi connectivity index (χ1n) is 5.15. The largest absolute Gasteiger partial charge is 0.481 e. The fourth-order valence-corrected chi connectivity index (χ4v) is 3.04. The number of hydrogen-bond acceptors (Lipinski definition) is 5. The molecular formula is C9H18N2O5S. The third-order valence-corrected chi connectivity index (χ3v) is 4.22. The molecule has 0 bridgehead atoms. The summed E-state index contributed by atoms with van der Waals surface area (Å²) in [7, 11) is -3.09. The van der Waals surface area contributed by atoms with E-state index in [4.69, 9.17) is 20.7 Å². The lowest BCUT2D eigenvalue weighted by atomic mass is 10.1. The van der Waals surface area contributed by atoms with Gasteiger partial charge >= 0.3 is 11.9 Å². The quantitative estimate of drug-likeness (QED) is 0.485. The Morgan fingerprint density at radius 2 is 1.88 bits per heavy atom. The normalized spacial score (nSPS) is 18.0. The molecule has 7 nitrogen and oxygen atoms in total. The molecule has 2 unspecified atom stereocenters. The minimum absolute atomic E-state index is 0.0896. The first-order chi connectivity index (χ1) is 7.69. The second kappa shape index (κ2) is 6.55. The van der Waals surface area contributed by atoms with Crippen molar-refractivity contribution in [3.8, 4) is 0 Å². The Bertz CT molecular complexity index is 379. The van der Waals surface area contributed by atoms with Crippen LogP contribution in [0, 0.1) is 10.7 Å². The van der Waals surface area contributed by atoms with Crippen molar-refractivity contribution in [3.63, 3.8) is 0 Å². The smallest absolute Gasteiger partial charge is 0.320 e. The van der Waals surface area contributed by atoms with E-state index < -0.39 is 33.6 Å². The molecule has 3 atom stereocenters. The molecule has 0 aliphatic heterocycles. The summed E-state index contributed by atoms with van der Waals surface area (Å²) in [6.07, 6.45) is 0.198. The lowest BCUT2D eigenvalue weighted by molar-refractivity contribution is -0.141. The van der Waals surface area contributed by atoms with E-state index in [0.29, 0.717) is 0 Å². The molecule has 0 amide bonds. The van der Waals surface area contributed by atoms with Crippen LogP contribution >= 0.6 is 0 Å². The average Bonchev–Trinajstić information content (AvgIpc) is 2.22. The monoisotopic (exact) mass is 266 g/mol. The van der Waals surface area contributed by atoms with Crippen LogP contribution in [0.2, 0.25) is 0 Å². The summed E-state index contributed by atoms with van der Waals surface area (Å²) in [5.41, 5.74) is 5.22. The number of rotatable bonds is 8. The highest BCUT2D eigenvalue weighted by atomic mass is 32.2. The second-order valence-electron chi connectivity index (χ2n) is 3.86. The number of carboxylic acid groups (broad SMARTS) is 2. The molecule has 0 aliphatic rings. The van der Waals surface area contributed by atoms with E-state index >= 15 is 0 Å². The zero-order valence-electron chi connectivity index (χ0n) is 9.59. The van der Waals surface area contributed by atoms with Gasteiger partial charge in [0.05, 0.1) is 5.92 Å². The molecule has 17 heavy (non-hydrogen) atoms. The molecule has 0 aromatic rings. The number of nitrogens with two attached hydrogens (primary N) is 1. The van der Waals surface area contributed by atoms with Gasteiger partial charge in [0, 0.05) is 21.2 Å². The molecule has 0 saturated carbocycles.